The van der Waals surface area contributed by atoms with Gasteiger partial charge in [0.1, 0.15) is 11.4 Å². The molecule has 0 aliphatic carbocycles. The van der Waals surface area contributed by atoms with Gasteiger partial charge in [0.2, 0.25) is 5.95 Å². The number of carbonyl (C=O) groups excluding carboxylic acids is 1. The Morgan fingerprint density at radius 1 is 1.23 bits per heavy atom. The highest BCUT2D eigenvalue weighted by Gasteiger charge is 2.38. The molecule has 1 aromatic heterocycles. The lowest BCUT2D eigenvalue weighted by Gasteiger charge is -2.24. The Morgan fingerprint density at radius 2 is 1.90 bits per heavy atom. The number of nitrogens with zero attached hydrogens (tertiary/aromatic N) is 3. The van der Waals surface area contributed by atoms with Gasteiger partial charge < -0.3 is 20.1 Å². The molecule has 2 N–H and O–H groups in total. The third-order valence-electron chi connectivity index (χ3n) is 4.74. The molecule has 9 heteroatoms. The summed E-state index contributed by atoms with van der Waals surface area (Å²) >= 11 is 0. The van der Waals surface area contributed by atoms with Gasteiger partial charge in [-0.1, -0.05) is 17.7 Å². The molecule has 0 saturated carbocycles. The number of aromatic carboxylic acids is 1. The molecule has 0 radical (unpaired) electrons. The van der Waals surface area contributed by atoms with E-state index in [1.54, 1.807) is 37.8 Å². The summed E-state index contributed by atoms with van der Waals surface area (Å²) in [6.07, 6.45) is 1.86. The lowest BCUT2D eigenvalue weighted by atomic mass is 9.92. The number of alkyl carbamates (subject to hydrolysis) is 1. The van der Waals surface area contributed by atoms with E-state index in [1.807, 2.05) is 6.92 Å². The van der Waals surface area contributed by atoms with Crippen molar-refractivity contribution in [2.75, 3.05) is 18.0 Å². The number of hydrogen-bond donors (Lipinski definition) is 2. The molecule has 1 aliphatic rings. The lowest BCUT2D eigenvalue weighted by Crippen LogP contribution is -2.43. The molecule has 1 aliphatic heterocycles. The Hall–Kier alpha value is -3.23. The number of benzene rings is 1. The van der Waals surface area contributed by atoms with E-state index in [1.165, 1.54) is 18.5 Å². The average molecular weight is 416 g/mol. The zero-order chi connectivity index (χ0) is 22.1. The van der Waals surface area contributed by atoms with E-state index in [-0.39, 0.29) is 17.3 Å². The second kappa shape index (κ2) is 8.25. The molecule has 2 heterocycles. The van der Waals surface area contributed by atoms with Crippen molar-refractivity contribution >= 4 is 18.0 Å². The minimum absolute atomic E-state index is 0.0253. The van der Waals surface area contributed by atoms with E-state index < -0.39 is 23.7 Å². The molecule has 2 atom stereocenters. The fraction of sp³-hybridized carbons (Fsp3) is 0.429. The highest BCUT2D eigenvalue weighted by molar-refractivity contribution is 5.86. The molecule has 0 spiro atoms. The number of aryl methyl sites for hydroxylation is 1. The van der Waals surface area contributed by atoms with Gasteiger partial charge in [-0.15, -0.1) is 0 Å². The summed E-state index contributed by atoms with van der Waals surface area (Å²) in [4.78, 5) is 33.4. The zero-order valence-electron chi connectivity index (χ0n) is 17.3. The molecule has 0 bridgehead atoms. The van der Waals surface area contributed by atoms with Crippen LogP contribution in [0, 0.1) is 12.7 Å². The maximum absolute atomic E-state index is 14.6. The molecular weight excluding hydrogens is 391 g/mol. The van der Waals surface area contributed by atoms with Crippen molar-refractivity contribution in [3.05, 3.63) is 53.1 Å². The van der Waals surface area contributed by atoms with Gasteiger partial charge in [0.15, 0.2) is 0 Å². The second-order valence-electron chi connectivity index (χ2n) is 8.37. The minimum Gasteiger partial charge on any atom is -0.478 e. The Balaban J connectivity index is 1.88. The van der Waals surface area contributed by atoms with E-state index in [2.05, 4.69) is 15.3 Å². The molecule has 1 amide bonds. The Kier molecular flexibility index (Phi) is 5.91. The van der Waals surface area contributed by atoms with E-state index in [9.17, 15) is 14.0 Å². The first kappa shape index (κ1) is 21.5. The average Bonchev–Trinajstić information content (AvgIpc) is 3.05. The van der Waals surface area contributed by atoms with Crippen LogP contribution < -0.4 is 10.2 Å². The molecule has 30 heavy (non-hydrogen) atoms. The maximum atomic E-state index is 14.6. The summed E-state index contributed by atoms with van der Waals surface area (Å²) in [6, 6.07) is 4.42. The van der Waals surface area contributed by atoms with Crippen LogP contribution >= 0.6 is 0 Å². The van der Waals surface area contributed by atoms with Crippen molar-refractivity contribution in [3.63, 3.8) is 0 Å². The Bertz CT molecular complexity index is 943. The smallest absolute Gasteiger partial charge is 0.407 e. The first-order chi connectivity index (χ1) is 14.0. The summed E-state index contributed by atoms with van der Waals surface area (Å²) in [7, 11) is 0. The normalized spacial score (nSPS) is 18.9. The number of nitrogens with one attached hydrogen (secondary N) is 1. The number of rotatable bonds is 4. The fourth-order valence-corrected chi connectivity index (χ4v) is 3.43. The molecular formula is C21H25FN4O4. The monoisotopic (exact) mass is 416 g/mol. The number of amides is 1. The lowest BCUT2D eigenvalue weighted by molar-refractivity contribution is 0.0504. The zero-order valence-corrected chi connectivity index (χ0v) is 17.3. The predicted molar refractivity (Wildman–Crippen MR) is 108 cm³/mol. The van der Waals surface area contributed by atoms with Crippen LogP contribution in [0.4, 0.5) is 15.1 Å². The second-order valence-corrected chi connectivity index (χ2v) is 8.37. The fourth-order valence-electron chi connectivity index (χ4n) is 3.43. The van der Waals surface area contributed by atoms with Crippen molar-refractivity contribution in [2.24, 2.45) is 0 Å². The van der Waals surface area contributed by atoms with Gasteiger partial charge in [-0.25, -0.2) is 23.9 Å². The van der Waals surface area contributed by atoms with Gasteiger partial charge in [-0.05, 0) is 39.3 Å². The number of halogens is 1. The van der Waals surface area contributed by atoms with E-state index in [4.69, 9.17) is 9.84 Å². The van der Waals surface area contributed by atoms with E-state index >= 15 is 0 Å². The van der Waals surface area contributed by atoms with Gasteiger partial charge in [-0.3, -0.25) is 0 Å². The molecule has 1 aromatic carbocycles. The maximum Gasteiger partial charge on any atom is 0.407 e. The Morgan fingerprint density at radius 3 is 2.50 bits per heavy atom. The van der Waals surface area contributed by atoms with Gasteiger partial charge in [0, 0.05) is 31.4 Å². The number of ether oxygens (including phenoxy) is 1. The van der Waals surface area contributed by atoms with Crippen LogP contribution in [0.1, 0.15) is 48.2 Å². The van der Waals surface area contributed by atoms with Crippen LogP contribution in [-0.2, 0) is 4.74 Å². The largest absolute Gasteiger partial charge is 0.478 e. The number of carboxylic acids is 1. The van der Waals surface area contributed by atoms with Crippen molar-refractivity contribution in [3.8, 4) is 0 Å². The first-order valence-corrected chi connectivity index (χ1v) is 9.59. The topological polar surface area (TPSA) is 105 Å². The minimum atomic E-state index is -1.12. The van der Waals surface area contributed by atoms with Gasteiger partial charge >= 0.3 is 12.1 Å². The number of carboxylic acid groups (broad SMARTS) is 1. The number of anilines is 1. The third-order valence-corrected chi connectivity index (χ3v) is 4.74. The van der Waals surface area contributed by atoms with E-state index in [0.29, 0.717) is 24.6 Å². The molecule has 3 rings (SSSR count). The van der Waals surface area contributed by atoms with Crippen LogP contribution in [0.3, 0.4) is 0 Å². The highest BCUT2D eigenvalue weighted by atomic mass is 19.1. The predicted octanol–water partition coefficient (Wildman–Crippen LogP) is 3.12. The SMILES string of the molecule is Cc1ccc(F)c([C@H]2CN(c3ncc(C(=O)O)cn3)C[C@@H]2NC(=O)OC(C)(C)C)c1. The molecule has 1 fully saturated rings. The molecule has 2 aromatic rings. The summed E-state index contributed by atoms with van der Waals surface area (Å²) in [5.41, 5.74) is 0.702. The van der Waals surface area contributed by atoms with Crippen LogP contribution in [0.15, 0.2) is 30.6 Å². The van der Waals surface area contributed by atoms with Crippen molar-refractivity contribution < 1.29 is 23.8 Å². The summed E-state index contributed by atoms with van der Waals surface area (Å²) in [6.45, 7) is 7.85. The van der Waals surface area contributed by atoms with E-state index in [0.717, 1.165) is 5.56 Å². The summed E-state index contributed by atoms with van der Waals surface area (Å²) in [5, 5.41) is 11.9. The summed E-state index contributed by atoms with van der Waals surface area (Å²) in [5.74, 6) is -1.52. The van der Waals surface area contributed by atoms with Crippen molar-refractivity contribution in [1.82, 2.24) is 15.3 Å². The Labute approximate surface area is 174 Å². The number of carbonyl (C=O) groups is 2. The highest BCUT2D eigenvalue weighted by Crippen LogP contribution is 2.32. The standard InChI is InChI=1S/C21H25FN4O4/c1-12-5-6-16(22)14(7-12)15-10-26(19-23-8-13(9-24-19)18(27)28)11-17(15)25-20(29)30-21(2,3)4/h5-9,15,17H,10-11H2,1-4H3,(H,25,29)(H,27,28)/t15-,17+/m1/s1. The van der Waals surface area contributed by atoms with Gasteiger partial charge in [0.05, 0.1) is 11.6 Å². The molecule has 8 nitrogen and oxygen atoms in total. The van der Waals surface area contributed by atoms with Crippen LogP contribution in [-0.4, -0.2) is 51.9 Å². The molecule has 0 unspecified atom stereocenters. The molecule has 1 saturated heterocycles. The first-order valence-electron chi connectivity index (χ1n) is 9.59. The quantitative estimate of drug-likeness (QED) is 0.789. The van der Waals surface area contributed by atoms with Gasteiger partial charge in [0.25, 0.3) is 0 Å². The molecule has 160 valence electrons. The third kappa shape index (κ3) is 5.03. The van der Waals surface area contributed by atoms with Crippen LogP contribution in [0.2, 0.25) is 0 Å². The van der Waals surface area contributed by atoms with Crippen molar-refractivity contribution in [1.29, 1.82) is 0 Å². The van der Waals surface area contributed by atoms with Crippen LogP contribution in [0.25, 0.3) is 0 Å². The van der Waals surface area contributed by atoms with Crippen LogP contribution in [0.5, 0.6) is 0 Å². The number of hydrogen-bond acceptors (Lipinski definition) is 6. The summed E-state index contributed by atoms with van der Waals surface area (Å²) < 4.78 is 20.0. The number of aromatic nitrogens is 2. The van der Waals surface area contributed by atoms with Gasteiger partial charge in [-0.2, -0.15) is 0 Å². The van der Waals surface area contributed by atoms with Crippen molar-refractivity contribution in [2.45, 2.75) is 45.3 Å².